The number of halogens is 1. The molecule has 3 nitrogen and oxygen atoms in total. The Kier molecular flexibility index (Phi) is 3.57. The smallest absolute Gasteiger partial charge is 0.0564 e. The highest BCUT2D eigenvalue weighted by atomic mass is 79.9. The molecule has 1 aliphatic carbocycles. The lowest BCUT2D eigenvalue weighted by molar-refractivity contribution is 0.354. The van der Waals surface area contributed by atoms with Gasteiger partial charge in [-0.2, -0.15) is 0 Å². The lowest BCUT2D eigenvalue weighted by Crippen LogP contribution is -2.49. The molecule has 98 valence electrons. The van der Waals surface area contributed by atoms with Crippen LogP contribution in [0.2, 0.25) is 0 Å². The maximum atomic E-state index is 4.30. The summed E-state index contributed by atoms with van der Waals surface area (Å²) in [5.74, 6) is 0. The number of nitrogens with zero attached hydrogens (tertiary/aromatic N) is 2. The minimum atomic E-state index is 0.360. The van der Waals surface area contributed by atoms with E-state index in [1.807, 2.05) is 12.4 Å². The Hall–Kier alpha value is -0.610. The van der Waals surface area contributed by atoms with Gasteiger partial charge in [0.25, 0.3) is 0 Å². The fourth-order valence-corrected chi connectivity index (χ4v) is 3.66. The van der Waals surface area contributed by atoms with Gasteiger partial charge >= 0.3 is 0 Å². The molecule has 1 aromatic rings. The van der Waals surface area contributed by atoms with Gasteiger partial charge in [0.05, 0.1) is 11.9 Å². The molecule has 0 unspecified atom stereocenters. The summed E-state index contributed by atoms with van der Waals surface area (Å²) in [7, 11) is 0. The normalized spacial score (nSPS) is 23.3. The maximum Gasteiger partial charge on any atom is 0.0564 e. The van der Waals surface area contributed by atoms with Crippen LogP contribution < -0.4 is 10.2 Å². The standard InChI is InChI=1S/C14H20BrN3/c15-12-8-13(10-16-9-12)18-7-3-6-17-14(11-18)4-1-2-5-14/h8-10,17H,1-7,11H2. The third kappa shape index (κ3) is 2.54. The van der Waals surface area contributed by atoms with E-state index in [0.29, 0.717) is 5.54 Å². The van der Waals surface area contributed by atoms with Crippen LogP contribution in [-0.2, 0) is 0 Å². The molecule has 1 saturated carbocycles. The average molecular weight is 310 g/mol. The van der Waals surface area contributed by atoms with E-state index >= 15 is 0 Å². The maximum absolute atomic E-state index is 4.30. The van der Waals surface area contributed by atoms with Crippen LogP contribution in [0.15, 0.2) is 22.9 Å². The topological polar surface area (TPSA) is 28.2 Å². The van der Waals surface area contributed by atoms with Gasteiger partial charge < -0.3 is 10.2 Å². The van der Waals surface area contributed by atoms with E-state index in [4.69, 9.17) is 0 Å². The summed E-state index contributed by atoms with van der Waals surface area (Å²) in [6.45, 7) is 3.41. The molecule has 2 fully saturated rings. The van der Waals surface area contributed by atoms with Gasteiger partial charge in [-0.15, -0.1) is 0 Å². The van der Waals surface area contributed by atoms with E-state index in [-0.39, 0.29) is 0 Å². The van der Waals surface area contributed by atoms with Crippen LogP contribution in [0.5, 0.6) is 0 Å². The van der Waals surface area contributed by atoms with Crippen LogP contribution in [0.4, 0.5) is 5.69 Å². The highest BCUT2D eigenvalue weighted by molar-refractivity contribution is 9.10. The molecule has 1 N–H and O–H groups in total. The van der Waals surface area contributed by atoms with Gasteiger partial charge in [0.15, 0.2) is 0 Å². The van der Waals surface area contributed by atoms with Gasteiger partial charge in [0.2, 0.25) is 0 Å². The van der Waals surface area contributed by atoms with Crippen LogP contribution >= 0.6 is 15.9 Å². The quantitative estimate of drug-likeness (QED) is 0.864. The molecular formula is C14H20BrN3. The van der Waals surface area contributed by atoms with Crippen molar-refractivity contribution in [2.45, 2.75) is 37.6 Å². The average Bonchev–Trinajstić information content (AvgIpc) is 2.70. The number of pyridine rings is 1. The van der Waals surface area contributed by atoms with Crippen molar-refractivity contribution < 1.29 is 0 Å². The number of hydrogen-bond acceptors (Lipinski definition) is 3. The highest BCUT2D eigenvalue weighted by Crippen LogP contribution is 2.33. The summed E-state index contributed by atoms with van der Waals surface area (Å²) in [4.78, 5) is 6.80. The minimum absolute atomic E-state index is 0.360. The Morgan fingerprint density at radius 2 is 2.06 bits per heavy atom. The molecule has 1 spiro atoms. The lowest BCUT2D eigenvalue weighted by Gasteiger charge is -2.34. The summed E-state index contributed by atoms with van der Waals surface area (Å²) in [6.07, 6.45) is 10.4. The molecule has 0 atom stereocenters. The largest absolute Gasteiger partial charge is 0.368 e. The number of aromatic nitrogens is 1. The fraction of sp³-hybridized carbons (Fsp3) is 0.643. The SMILES string of the molecule is Brc1cncc(N2CCCNC3(CCCC3)C2)c1. The molecule has 1 saturated heterocycles. The molecule has 0 amide bonds. The Balaban J connectivity index is 1.82. The Labute approximate surface area is 117 Å². The second kappa shape index (κ2) is 5.17. The first-order valence-corrected chi connectivity index (χ1v) is 7.67. The zero-order chi connectivity index (χ0) is 12.4. The second-order valence-electron chi connectivity index (χ2n) is 5.55. The lowest BCUT2D eigenvalue weighted by atomic mass is 9.97. The number of rotatable bonds is 1. The summed E-state index contributed by atoms with van der Waals surface area (Å²) < 4.78 is 1.07. The Morgan fingerprint density at radius 1 is 1.22 bits per heavy atom. The molecule has 1 aromatic heterocycles. The molecule has 0 bridgehead atoms. The van der Waals surface area contributed by atoms with Gasteiger partial charge in [-0.05, 0) is 47.8 Å². The Bertz CT molecular complexity index is 415. The fourth-order valence-electron chi connectivity index (χ4n) is 3.30. The monoisotopic (exact) mass is 309 g/mol. The molecule has 0 radical (unpaired) electrons. The van der Waals surface area contributed by atoms with Crippen molar-refractivity contribution in [1.82, 2.24) is 10.3 Å². The van der Waals surface area contributed by atoms with E-state index in [2.05, 4.69) is 37.2 Å². The van der Waals surface area contributed by atoms with E-state index < -0.39 is 0 Å². The van der Waals surface area contributed by atoms with Crippen molar-refractivity contribution in [3.8, 4) is 0 Å². The van der Waals surface area contributed by atoms with E-state index in [1.54, 1.807) is 0 Å². The predicted molar refractivity (Wildman–Crippen MR) is 78.0 cm³/mol. The second-order valence-corrected chi connectivity index (χ2v) is 6.47. The van der Waals surface area contributed by atoms with Crippen LogP contribution in [0.1, 0.15) is 32.1 Å². The Morgan fingerprint density at radius 3 is 2.83 bits per heavy atom. The summed E-state index contributed by atoms with van der Waals surface area (Å²) >= 11 is 3.52. The van der Waals surface area contributed by atoms with Crippen molar-refractivity contribution in [2.75, 3.05) is 24.5 Å². The van der Waals surface area contributed by atoms with Crippen LogP contribution in [0.25, 0.3) is 0 Å². The van der Waals surface area contributed by atoms with Gasteiger partial charge in [0, 0.05) is 29.3 Å². The molecule has 1 aliphatic heterocycles. The van der Waals surface area contributed by atoms with Crippen molar-refractivity contribution >= 4 is 21.6 Å². The van der Waals surface area contributed by atoms with Crippen molar-refractivity contribution in [3.05, 3.63) is 22.9 Å². The molecule has 2 aliphatic rings. The third-order valence-corrected chi connectivity index (χ3v) is 4.65. The highest BCUT2D eigenvalue weighted by Gasteiger charge is 2.36. The summed E-state index contributed by atoms with van der Waals surface area (Å²) in [6, 6.07) is 2.18. The molecule has 0 aromatic carbocycles. The number of nitrogens with one attached hydrogen (secondary N) is 1. The summed E-state index contributed by atoms with van der Waals surface area (Å²) in [5, 5.41) is 3.80. The first-order chi connectivity index (χ1) is 8.77. The molecule has 3 rings (SSSR count). The van der Waals surface area contributed by atoms with Crippen molar-refractivity contribution in [1.29, 1.82) is 0 Å². The zero-order valence-corrected chi connectivity index (χ0v) is 12.2. The minimum Gasteiger partial charge on any atom is -0.368 e. The number of anilines is 1. The van der Waals surface area contributed by atoms with Crippen molar-refractivity contribution in [3.63, 3.8) is 0 Å². The van der Waals surface area contributed by atoms with E-state index in [1.165, 1.54) is 37.8 Å². The van der Waals surface area contributed by atoms with Gasteiger partial charge in [-0.25, -0.2) is 0 Å². The molecule has 2 heterocycles. The van der Waals surface area contributed by atoms with E-state index in [0.717, 1.165) is 24.1 Å². The molecule has 18 heavy (non-hydrogen) atoms. The van der Waals surface area contributed by atoms with Gasteiger partial charge in [-0.3, -0.25) is 4.98 Å². The zero-order valence-electron chi connectivity index (χ0n) is 10.7. The third-order valence-electron chi connectivity index (χ3n) is 4.21. The van der Waals surface area contributed by atoms with Crippen LogP contribution in [0, 0.1) is 0 Å². The number of hydrogen-bond donors (Lipinski definition) is 1. The summed E-state index contributed by atoms with van der Waals surface area (Å²) in [5.41, 5.74) is 1.61. The van der Waals surface area contributed by atoms with Crippen LogP contribution in [0.3, 0.4) is 0 Å². The van der Waals surface area contributed by atoms with Crippen LogP contribution in [-0.4, -0.2) is 30.2 Å². The molecular weight excluding hydrogens is 290 g/mol. The van der Waals surface area contributed by atoms with Gasteiger partial charge in [0.1, 0.15) is 0 Å². The van der Waals surface area contributed by atoms with Crippen molar-refractivity contribution in [2.24, 2.45) is 0 Å². The van der Waals surface area contributed by atoms with Gasteiger partial charge in [-0.1, -0.05) is 12.8 Å². The predicted octanol–water partition coefficient (Wildman–Crippen LogP) is 2.96. The van der Waals surface area contributed by atoms with E-state index in [9.17, 15) is 0 Å². The first kappa shape index (κ1) is 12.4. The first-order valence-electron chi connectivity index (χ1n) is 6.88. The molecule has 4 heteroatoms.